The van der Waals surface area contributed by atoms with Gasteiger partial charge in [0.15, 0.2) is 5.82 Å². The Balaban J connectivity index is 2.52. The van der Waals surface area contributed by atoms with E-state index >= 15 is 0 Å². The Kier molecular flexibility index (Phi) is 3.47. The zero-order valence-corrected chi connectivity index (χ0v) is 10.7. The Hall–Kier alpha value is -2.08. The summed E-state index contributed by atoms with van der Waals surface area (Å²) in [5, 5.41) is 8.16. The lowest BCUT2D eigenvalue weighted by Crippen LogP contribution is -2.05. The van der Waals surface area contributed by atoms with Gasteiger partial charge in [-0.15, -0.1) is 10.2 Å². The molecular weight excluding hydrogens is 232 g/mol. The lowest BCUT2D eigenvalue weighted by atomic mass is 10.2. The van der Waals surface area contributed by atoms with E-state index in [0.29, 0.717) is 18.0 Å². The molecule has 0 saturated heterocycles. The second kappa shape index (κ2) is 5.05. The van der Waals surface area contributed by atoms with Crippen molar-refractivity contribution < 1.29 is 9.47 Å². The van der Waals surface area contributed by atoms with Gasteiger partial charge in [0.05, 0.1) is 20.8 Å². The highest BCUT2D eigenvalue weighted by molar-refractivity contribution is 5.61. The van der Waals surface area contributed by atoms with E-state index in [-0.39, 0.29) is 0 Å². The Bertz CT molecular complexity index is 529. The number of nitrogens with zero attached hydrogens (tertiary/aromatic N) is 3. The van der Waals surface area contributed by atoms with Crippen LogP contribution in [0.4, 0.5) is 0 Å². The average molecular weight is 248 g/mol. The maximum absolute atomic E-state index is 5.58. The number of aromatic nitrogens is 3. The van der Waals surface area contributed by atoms with Gasteiger partial charge in [0, 0.05) is 18.7 Å². The van der Waals surface area contributed by atoms with Crippen LogP contribution in [0.2, 0.25) is 0 Å². The predicted octanol–water partition coefficient (Wildman–Crippen LogP) is 0.958. The van der Waals surface area contributed by atoms with Crippen molar-refractivity contribution in [1.82, 2.24) is 14.8 Å². The molecule has 6 heteroatoms. The summed E-state index contributed by atoms with van der Waals surface area (Å²) in [6.07, 6.45) is 0. The molecule has 0 saturated carbocycles. The van der Waals surface area contributed by atoms with Crippen molar-refractivity contribution in [1.29, 1.82) is 0 Å². The number of rotatable bonds is 4. The van der Waals surface area contributed by atoms with Gasteiger partial charge in [0.1, 0.15) is 17.3 Å². The van der Waals surface area contributed by atoms with Crippen LogP contribution in [0.25, 0.3) is 11.4 Å². The monoisotopic (exact) mass is 248 g/mol. The minimum absolute atomic E-state index is 0.352. The summed E-state index contributed by atoms with van der Waals surface area (Å²) in [7, 11) is 5.10. The molecule has 6 nitrogen and oxygen atoms in total. The minimum Gasteiger partial charge on any atom is -0.497 e. The van der Waals surface area contributed by atoms with Gasteiger partial charge in [-0.3, -0.25) is 0 Å². The first-order chi connectivity index (χ1) is 8.69. The van der Waals surface area contributed by atoms with E-state index in [9.17, 15) is 0 Å². The van der Waals surface area contributed by atoms with Crippen LogP contribution in [0.15, 0.2) is 18.2 Å². The van der Waals surface area contributed by atoms with Gasteiger partial charge in [0.2, 0.25) is 0 Å². The van der Waals surface area contributed by atoms with Gasteiger partial charge in [-0.05, 0) is 12.1 Å². The third kappa shape index (κ3) is 2.14. The molecule has 0 bridgehead atoms. The summed E-state index contributed by atoms with van der Waals surface area (Å²) in [4.78, 5) is 0. The molecule has 0 amide bonds. The summed E-state index contributed by atoms with van der Waals surface area (Å²) < 4.78 is 12.3. The first-order valence-electron chi connectivity index (χ1n) is 5.51. The summed E-state index contributed by atoms with van der Waals surface area (Å²) >= 11 is 0. The highest BCUT2D eigenvalue weighted by atomic mass is 16.5. The molecule has 96 valence electrons. The molecule has 0 spiro atoms. The predicted molar refractivity (Wildman–Crippen MR) is 67.4 cm³/mol. The maximum atomic E-state index is 5.58. The first kappa shape index (κ1) is 12.4. The normalized spacial score (nSPS) is 10.4. The van der Waals surface area contributed by atoms with Crippen LogP contribution in [0.3, 0.4) is 0 Å². The molecule has 0 atom stereocenters. The zero-order valence-electron chi connectivity index (χ0n) is 10.7. The fraction of sp³-hybridized carbons (Fsp3) is 0.333. The van der Waals surface area contributed by atoms with Crippen molar-refractivity contribution in [3.63, 3.8) is 0 Å². The lowest BCUT2D eigenvalue weighted by molar-refractivity contribution is 0.394. The van der Waals surface area contributed by atoms with E-state index in [4.69, 9.17) is 15.2 Å². The largest absolute Gasteiger partial charge is 0.497 e. The van der Waals surface area contributed by atoms with Crippen molar-refractivity contribution in [3.05, 3.63) is 24.0 Å². The molecule has 1 aromatic heterocycles. The Morgan fingerprint density at radius 1 is 1.11 bits per heavy atom. The average Bonchev–Trinajstić information content (AvgIpc) is 2.79. The molecule has 0 aliphatic rings. The van der Waals surface area contributed by atoms with Gasteiger partial charge in [-0.1, -0.05) is 0 Å². The Morgan fingerprint density at radius 2 is 1.72 bits per heavy atom. The molecule has 0 aliphatic heterocycles. The topological polar surface area (TPSA) is 75.2 Å². The third-order valence-corrected chi connectivity index (χ3v) is 2.76. The van der Waals surface area contributed by atoms with E-state index in [1.807, 2.05) is 29.8 Å². The molecule has 18 heavy (non-hydrogen) atoms. The third-order valence-electron chi connectivity index (χ3n) is 2.76. The Morgan fingerprint density at radius 3 is 2.17 bits per heavy atom. The van der Waals surface area contributed by atoms with Crippen molar-refractivity contribution in [3.8, 4) is 22.9 Å². The molecular formula is C12H16N4O2. The summed E-state index contributed by atoms with van der Waals surface area (Å²) in [5.74, 6) is 2.88. The number of nitrogens with two attached hydrogens (primary N) is 1. The van der Waals surface area contributed by atoms with Crippen LogP contribution in [0.5, 0.6) is 11.5 Å². The molecule has 1 aromatic carbocycles. The maximum Gasteiger partial charge on any atom is 0.164 e. The highest BCUT2D eigenvalue weighted by Gasteiger charge is 2.12. The van der Waals surface area contributed by atoms with Crippen LogP contribution in [0.1, 0.15) is 5.82 Å². The minimum atomic E-state index is 0.352. The van der Waals surface area contributed by atoms with Crippen LogP contribution in [-0.2, 0) is 13.6 Å². The molecule has 0 radical (unpaired) electrons. The number of methoxy groups -OCH3 is 2. The molecule has 0 aliphatic carbocycles. The fourth-order valence-corrected chi connectivity index (χ4v) is 1.73. The van der Waals surface area contributed by atoms with Crippen LogP contribution in [0, 0.1) is 0 Å². The van der Waals surface area contributed by atoms with Crippen LogP contribution < -0.4 is 15.2 Å². The highest BCUT2D eigenvalue weighted by Crippen LogP contribution is 2.28. The van der Waals surface area contributed by atoms with Crippen LogP contribution >= 0.6 is 0 Å². The second-order valence-electron chi connectivity index (χ2n) is 3.80. The first-order valence-corrected chi connectivity index (χ1v) is 5.51. The summed E-state index contributed by atoms with van der Waals surface area (Å²) in [6.45, 7) is 0.352. The SMILES string of the molecule is COc1cc(OC)cc(-c2nnc(CN)n2C)c1. The van der Waals surface area contributed by atoms with Gasteiger partial charge >= 0.3 is 0 Å². The van der Waals surface area contributed by atoms with E-state index in [1.165, 1.54) is 0 Å². The van der Waals surface area contributed by atoms with E-state index < -0.39 is 0 Å². The molecule has 2 aromatic rings. The number of ether oxygens (including phenoxy) is 2. The van der Waals surface area contributed by atoms with Crippen molar-refractivity contribution in [2.75, 3.05) is 14.2 Å². The number of hydrogen-bond acceptors (Lipinski definition) is 5. The zero-order chi connectivity index (χ0) is 13.1. The summed E-state index contributed by atoms with van der Waals surface area (Å²) in [5.41, 5.74) is 6.46. The van der Waals surface area contributed by atoms with Gasteiger partial charge in [-0.25, -0.2) is 0 Å². The quantitative estimate of drug-likeness (QED) is 0.872. The Labute approximate surface area is 105 Å². The molecule has 2 N–H and O–H groups in total. The van der Waals surface area contributed by atoms with Crippen LogP contribution in [-0.4, -0.2) is 29.0 Å². The molecule has 0 fully saturated rings. The van der Waals surface area contributed by atoms with Crippen molar-refractivity contribution in [2.24, 2.45) is 12.8 Å². The molecule has 0 unspecified atom stereocenters. The van der Waals surface area contributed by atoms with E-state index in [1.54, 1.807) is 14.2 Å². The standard InChI is InChI=1S/C12H16N4O2/c1-16-11(7-13)14-15-12(16)8-4-9(17-2)6-10(5-8)18-3/h4-6H,7,13H2,1-3H3. The number of hydrogen-bond donors (Lipinski definition) is 1. The fourth-order valence-electron chi connectivity index (χ4n) is 1.73. The summed E-state index contributed by atoms with van der Waals surface area (Å²) in [6, 6.07) is 5.57. The molecule has 1 heterocycles. The van der Waals surface area contributed by atoms with Gasteiger partial charge < -0.3 is 19.8 Å². The molecule has 2 rings (SSSR count). The second-order valence-corrected chi connectivity index (χ2v) is 3.80. The van der Waals surface area contributed by atoms with Gasteiger partial charge in [-0.2, -0.15) is 0 Å². The van der Waals surface area contributed by atoms with Gasteiger partial charge in [0.25, 0.3) is 0 Å². The van der Waals surface area contributed by atoms with E-state index in [0.717, 1.165) is 17.2 Å². The smallest absolute Gasteiger partial charge is 0.164 e. The van der Waals surface area contributed by atoms with Crippen molar-refractivity contribution >= 4 is 0 Å². The van der Waals surface area contributed by atoms with E-state index in [2.05, 4.69) is 10.2 Å². The lowest BCUT2D eigenvalue weighted by Gasteiger charge is -2.08. The van der Waals surface area contributed by atoms with Crippen molar-refractivity contribution in [2.45, 2.75) is 6.54 Å². The number of benzene rings is 1.